The van der Waals surface area contributed by atoms with Crippen molar-refractivity contribution in [3.8, 4) is 0 Å². The Labute approximate surface area is 156 Å². The zero-order valence-corrected chi connectivity index (χ0v) is 14.9. The van der Waals surface area contributed by atoms with Crippen LogP contribution >= 0.6 is 22.9 Å². The molecule has 4 atom stereocenters. The molecule has 0 unspecified atom stereocenters. The number of aliphatic hydroxyl groups is 3. The lowest BCUT2D eigenvalue weighted by Crippen LogP contribution is -2.33. The number of thiophene rings is 1. The van der Waals surface area contributed by atoms with Crippen molar-refractivity contribution in [1.82, 2.24) is 19.5 Å². The van der Waals surface area contributed by atoms with Crippen LogP contribution in [0.25, 0.3) is 11.2 Å². The molecule has 1 fully saturated rings. The zero-order chi connectivity index (χ0) is 18.3. The van der Waals surface area contributed by atoms with Crippen molar-refractivity contribution >= 4 is 39.9 Å². The highest BCUT2D eigenvalue weighted by Gasteiger charge is 2.44. The predicted octanol–water partition coefficient (Wildman–Crippen LogP) is 0.765. The molecule has 0 aliphatic carbocycles. The Hall–Kier alpha value is -1.82. The summed E-state index contributed by atoms with van der Waals surface area (Å²) in [4.78, 5) is 12.7. The quantitative estimate of drug-likeness (QED) is 0.497. The summed E-state index contributed by atoms with van der Waals surface area (Å²) in [6.45, 7) is 0.127. The fourth-order valence-electron chi connectivity index (χ4n) is 2.90. The lowest BCUT2D eigenvalue weighted by atomic mass is 10.1. The number of halogens is 1. The first-order valence-corrected chi connectivity index (χ1v) is 9.11. The van der Waals surface area contributed by atoms with Crippen LogP contribution in [0.5, 0.6) is 0 Å². The molecule has 0 amide bonds. The van der Waals surface area contributed by atoms with Gasteiger partial charge < -0.3 is 25.4 Å². The van der Waals surface area contributed by atoms with E-state index in [-0.39, 0.29) is 0 Å². The van der Waals surface area contributed by atoms with Crippen molar-refractivity contribution in [2.24, 2.45) is 0 Å². The Kier molecular flexibility index (Phi) is 4.78. The molecule has 3 aromatic rings. The minimum atomic E-state index is -1.20. The van der Waals surface area contributed by atoms with E-state index in [4.69, 9.17) is 16.3 Å². The molecule has 4 rings (SSSR count). The van der Waals surface area contributed by atoms with Crippen molar-refractivity contribution in [3.63, 3.8) is 0 Å². The molecular formula is C15H16ClN5O4S. The van der Waals surface area contributed by atoms with E-state index in [2.05, 4.69) is 20.3 Å². The first kappa shape index (κ1) is 17.6. The van der Waals surface area contributed by atoms with Crippen LogP contribution in [0.4, 0.5) is 5.82 Å². The molecule has 0 spiro atoms. The number of anilines is 1. The third-order valence-electron chi connectivity index (χ3n) is 4.23. The third kappa shape index (κ3) is 3.04. The van der Waals surface area contributed by atoms with Gasteiger partial charge in [0, 0.05) is 6.54 Å². The van der Waals surface area contributed by atoms with Gasteiger partial charge in [0.25, 0.3) is 0 Å². The molecule has 138 valence electrons. The van der Waals surface area contributed by atoms with Crippen LogP contribution in [0.3, 0.4) is 0 Å². The highest BCUT2D eigenvalue weighted by Crippen LogP contribution is 2.32. The van der Waals surface area contributed by atoms with Gasteiger partial charge in [-0.3, -0.25) is 4.57 Å². The molecule has 11 heteroatoms. The van der Waals surface area contributed by atoms with Gasteiger partial charge >= 0.3 is 0 Å². The number of imidazole rings is 1. The van der Waals surface area contributed by atoms with E-state index in [9.17, 15) is 15.3 Å². The van der Waals surface area contributed by atoms with E-state index in [0.717, 1.165) is 5.56 Å². The van der Waals surface area contributed by atoms with Gasteiger partial charge in [0.2, 0.25) is 0 Å². The number of hydrogen-bond acceptors (Lipinski definition) is 9. The molecule has 1 aliphatic rings. The molecule has 4 N–H and O–H groups in total. The van der Waals surface area contributed by atoms with Crippen molar-refractivity contribution in [3.05, 3.63) is 34.0 Å². The molecule has 3 aromatic heterocycles. The van der Waals surface area contributed by atoms with Crippen LogP contribution < -0.4 is 5.32 Å². The Morgan fingerprint density at radius 3 is 2.81 bits per heavy atom. The van der Waals surface area contributed by atoms with Gasteiger partial charge in [0.05, 0.1) is 17.3 Å². The SMILES string of the molecule is OC[C@H]1O[C@@H](n2cnc3c(NCc4csc(Cl)c4)ncnc32)[C@H](O)[C@@H]1O. The molecule has 9 nitrogen and oxygen atoms in total. The maximum absolute atomic E-state index is 10.2. The minimum Gasteiger partial charge on any atom is -0.394 e. The summed E-state index contributed by atoms with van der Waals surface area (Å²) >= 11 is 7.39. The molecule has 4 heterocycles. The Balaban J connectivity index is 1.61. The number of fused-ring (bicyclic) bond motifs is 1. The minimum absolute atomic E-state index is 0.396. The standard InChI is InChI=1S/C15H16ClN5O4S/c16-9-1-7(4-26-9)2-17-13-10-14(19-5-18-13)21(6-20-10)15-12(24)11(23)8(3-22)25-15/h1,4-6,8,11-12,15,22-24H,2-3H2,(H,17,18,19)/t8-,11-,12-,15-/m1/s1. The second-order valence-electron chi connectivity index (χ2n) is 5.89. The number of hydrogen-bond donors (Lipinski definition) is 4. The molecule has 0 saturated carbocycles. The number of nitrogens with one attached hydrogen (secondary N) is 1. The van der Waals surface area contributed by atoms with Gasteiger partial charge in [-0.05, 0) is 17.0 Å². The lowest BCUT2D eigenvalue weighted by molar-refractivity contribution is -0.0511. The number of rotatable bonds is 5. The van der Waals surface area contributed by atoms with E-state index in [0.29, 0.717) is 27.9 Å². The fraction of sp³-hybridized carbons (Fsp3) is 0.400. The van der Waals surface area contributed by atoms with Crippen molar-refractivity contribution in [1.29, 1.82) is 0 Å². The summed E-state index contributed by atoms with van der Waals surface area (Å²) in [6.07, 6.45) is -1.31. The van der Waals surface area contributed by atoms with Gasteiger partial charge in [-0.2, -0.15) is 0 Å². The van der Waals surface area contributed by atoms with Crippen LogP contribution in [0.1, 0.15) is 11.8 Å². The number of ether oxygens (including phenoxy) is 1. The summed E-state index contributed by atoms with van der Waals surface area (Å²) in [5, 5.41) is 34.5. The fourth-order valence-corrected chi connectivity index (χ4v) is 3.81. The zero-order valence-electron chi connectivity index (χ0n) is 13.4. The van der Waals surface area contributed by atoms with Gasteiger partial charge in [0.15, 0.2) is 23.2 Å². The van der Waals surface area contributed by atoms with Crippen LogP contribution in [0.2, 0.25) is 4.34 Å². The van der Waals surface area contributed by atoms with E-state index in [1.807, 2.05) is 11.4 Å². The molecule has 1 saturated heterocycles. The van der Waals surface area contributed by atoms with Crippen molar-refractivity contribution < 1.29 is 20.1 Å². The van der Waals surface area contributed by atoms with Crippen LogP contribution in [0, 0.1) is 0 Å². The summed E-state index contributed by atoms with van der Waals surface area (Å²) in [5.74, 6) is 0.530. The van der Waals surface area contributed by atoms with Crippen molar-refractivity contribution in [2.45, 2.75) is 31.1 Å². The van der Waals surface area contributed by atoms with E-state index in [1.165, 1.54) is 28.6 Å². The summed E-state index contributed by atoms with van der Waals surface area (Å²) < 4.78 is 7.77. The van der Waals surface area contributed by atoms with Crippen LogP contribution in [-0.2, 0) is 11.3 Å². The van der Waals surface area contributed by atoms with Gasteiger partial charge in [-0.25, -0.2) is 15.0 Å². The normalized spacial score (nSPS) is 25.8. The van der Waals surface area contributed by atoms with Gasteiger partial charge in [-0.1, -0.05) is 11.6 Å². The number of aromatic nitrogens is 4. The molecule has 0 aromatic carbocycles. The molecule has 26 heavy (non-hydrogen) atoms. The van der Waals surface area contributed by atoms with E-state index < -0.39 is 31.1 Å². The Bertz CT molecular complexity index is 918. The van der Waals surface area contributed by atoms with Gasteiger partial charge in [0.1, 0.15) is 24.6 Å². The molecular weight excluding hydrogens is 382 g/mol. The Morgan fingerprint density at radius 2 is 2.12 bits per heavy atom. The summed E-state index contributed by atoms with van der Waals surface area (Å²) in [6, 6.07) is 1.87. The Morgan fingerprint density at radius 1 is 1.27 bits per heavy atom. The third-order valence-corrected chi connectivity index (χ3v) is 5.37. The first-order chi connectivity index (χ1) is 12.6. The highest BCUT2D eigenvalue weighted by atomic mass is 35.5. The maximum atomic E-state index is 10.2. The molecule has 1 aliphatic heterocycles. The highest BCUT2D eigenvalue weighted by molar-refractivity contribution is 7.14. The second-order valence-corrected chi connectivity index (χ2v) is 7.43. The largest absolute Gasteiger partial charge is 0.394 e. The van der Waals surface area contributed by atoms with E-state index in [1.54, 1.807) is 0 Å². The lowest BCUT2D eigenvalue weighted by Gasteiger charge is -2.16. The summed E-state index contributed by atoms with van der Waals surface area (Å²) in [5.41, 5.74) is 1.97. The average Bonchev–Trinajstić information content (AvgIpc) is 3.32. The predicted molar refractivity (Wildman–Crippen MR) is 95.0 cm³/mol. The first-order valence-electron chi connectivity index (χ1n) is 7.85. The monoisotopic (exact) mass is 397 g/mol. The van der Waals surface area contributed by atoms with Crippen LogP contribution in [0.15, 0.2) is 24.1 Å². The van der Waals surface area contributed by atoms with Gasteiger partial charge in [-0.15, -0.1) is 11.3 Å². The maximum Gasteiger partial charge on any atom is 0.167 e. The van der Waals surface area contributed by atoms with Crippen LogP contribution in [-0.4, -0.2) is 59.8 Å². The number of nitrogens with zero attached hydrogens (tertiary/aromatic N) is 4. The molecule has 0 radical (unpaired) electrons. The summed E-state index contributed by atoms with van der Waals surface area (Å²) in [7, 11) is 0. The second kappa shape index (κ2) is 7.06. The smallest absolute Gasteiger partial charge is 0.167 e. The molecule has 0 bridgehead atoms. The van der Waals surface area contributed by atoms with E-state index >= 15 is 0 Å². The number of aliphatic hydroxyl groups excluding tert-OH is 3. The average molecular weight is 398 g/mol. The van der Waals surface area contributed by atoms with Crippen molar-refractivity contribution in [2.75, 3.05) is 11.9 Å². The topological polar surface area (TPSA) is 126 Å².